The molecule has 14 heteroatoms. The van der Waals surface area contributed by atoms with Crippen molar-refractivity contribution in [3.63, 3.8) is 0 Å². The fourth-order valence-electron chi connectivity index (χ4n) is 1.62. The first kappa shape index (κ1) is 28.4. The van der Waals surface area contributed by atoms with Gasteiger partial charge < -0.3 is 52.4 Å². The molecular weight excluding hydrogens is 539 g/mol. The summed E-state index contributed by atoms with van der Waals surface area (Å²) in [6, 6.07) is 0. The first-order valence-electron chi connectivity index (χ1n) is 5.73. The third-order valence-corrected chi connectivity index (χ3v) is 3.41. The van der Waals surface area contributed by atoms with Crippen LogP contribution in [0.2, 0.25) is 0 Å². The number of aliphatic carboxylic acids is 2. The van der Waals surface area contributed by atoms with Crippen LogP contribution in [0.15, 0.2) is 0 Å². The summed E-state index contributed by atoms with van der Waals surface area (Å²) in [5.74, 6) is -3.78. The van der Waals surface area contributed by atoms with Crippen molar-refractivity contribution in [3.8, 4) is 0 Å². The molecule has 10 N–H and O–H groups in total. The van der Waals surface area contributed by atoms with Gasteiger partial charge in [-0.25, -0.2) is 9.59 Å². The number of ether oxygens (including phenoxy) is 2. The summed E-state index contributed by atoms with van der Waals surface area (Å²) >= 11 is 5.39. The van der Waals surface area contributed by atoms with Crippen molar-refractivity contribution in [1.82, 2.24) is 0 Å². The van der Waals surface area contributed by atoms with Crippen LogP contribution in [0.1, 0.15) is 0 Å². The second-order valence-electron chi connectivity index (χ2n) is 4.42. The molecule has 0 aromatic heterocycles. The summed E-state index contributed by atoms with van der Waals surface area (Å²) in [5.41, 5.74) is 0. The number of halogens is 1. The van der Waals surface area contributed by atoms with Gasteiger partial charge in [-0.1, -0.05) is 11.6 Å². The molecule has 146 valence electrons. The first-order chi connectivity index (χ1) is 9.65. The van der Waals surface area contributed by atoms with Gasteiger partial charge in [0.1, 0.15) is 24.4 Å². The normalized spacial score (nSPS) is 29.5. The maximum Gasteiger partial charge on any atom is 2.00 e. The van der Waals surface area contributed by atoms with Crippen molar-refractivity contribution in [1.29, 1.82) is 0 Å². The summed E-state index contributed by atoms with van der Waals surface area (Å²) in [6.45, 7) is -1.80. The van der Waals surface area contributed by atoms with Crippen molar-refractivity contribution < 1.29 is 70.8 Å². The van der Waals surface area contributed by atoms with Gasteiger partial charge in [0.15, 0.2) is 6.29 Å². The van der Waals surface area contributed by atoms with Crippen molar-refractivity contribution in [2.45, 2.75) is 35.6 Å². The Bertz CT molecular complexity index is 401. The van der Waals surface area contributed by atoms with Crippen LogP contribution in [-0.2, 0) is 40.1 Å². The minimum Gasteiger partial charge on any atom is -0.693 e. The van der Waals surface area contributed by atoms with Gasteiger partial charge in [-0.2, -0.15) is 0 Å². The van der Waals surface area contributed by atoms with Gasteiger partial charge in [0.2, 0.25) is 0 Å². The Morgan fingerprint density at radius 3 is 1.88 bits per heavy atom. The molecule has 1 saturated heterocycles. The topological polar surface area (TPSA) is 241 Å². The summed E-state index contributed by atoms with van der Waals surface area (Å²) in [5, 5.41) is 55.1. The number of aliphatic hydroxyl groups is 4. The number of rotatable bonds is 6. The molecule has 0 aromatic carbocycles. The van der Waals surface area contributed by atoms with Crippen molar-refractivity contribution in [3.05, 3.63) is 12.3 Å². The van der Waals surface area contributed by atoms with Gasteiger partial charge >= 0.3 is 33.0 Å². The third-order valence-electron chi connectivity index (χ3n) is 2.97. The van der Waals surface area contributed by atoms with Crippen LogP contribution < -0.4 is 0 Å². The van der Waals surface area contributed by atoms with Gasteiger partial charge in [0, 0.05) is 0 Å². The average molecular weight is 558 g/mol. The van der Waals surface area contributed by atoms with E-state index in [9.17, 15) is 24.9 Å². The minimum absolute atomic E-state index is 0. The molecule has 1 aliphatic rings. The number of aliphatic hydroxyl groups excluding tert-OH is 4. The maximum atomic E-state index is 10.8. The third kappa shape index (κ3) is 5.84. The fourth-order valence-corrected chi connectivity index (χ4v) is 1.68. The summed E-state index contributed by atoms with van der Waals surface area (Å²) in [4.78, 5) is 18.8. The molecule has 1 heterocycles. The molecule has 1 rings (SSSR count). The Kier molecular flexibility index (Phi) is 13.3. The second-order valence-corrected chi connectivity index (χ2v) is 5.06. The maximum absolute atomic E-state index is 10.8. The Balaban J connectivity index is -0.00000147. The molecule has 0 spiro atoms. The Morgan fingerprint density at radius 1 is 1.04 bits per heavy atom. The van der Waals surface area contributed by atoms with Crippen LogP contribution in [-0.4, -0.2) is 91.4 Å². The number of carboxylic acids is 2. The Labute approximate surface area is 155 Å². The van der Waals surface area contributed by atoms with Gasteiger partial charge in [-0.05, 0) is 0 Å². The molecule has 1 unspecified atom stereocenters. The SMILES string of the molecule is O=C(O)C(Cl)(COC1O[C@H](CO)[C@@H](O)[C@H](O)[C@H]1O)C(=O)O.[NH2-].[NH2-].[Pt+2]. The van der Waals surface area contributed by atoms with Crippen LogP contribution in [0.5, 0.6) is 0 Å². The van der Waals surface area contributed by atoms with Crippen LogP contribution in [0, 0.1) is 0 Å². The van der Waals surface area contributed by atoms with Gasteiger partial charge in [0.25, 0.3) is 4.87 Å². The largest absolute Gasteiger partial charge is 2.00 e. The molecule has 1 fully saturated rings. The van der Waals surface area contributed by atoms with Crippen LogP contribution in [0.4, 0.5) is 0 Å². The van der Waals surface area contributed by atoms with E-state index in [0.29, 0.717) is 0 Å². The summed E-state index contributed by atoms with van der Waals surface area (Å²) in [6.07, 6.45) is -8.08. The molecule has 12 nitrogen and oxygen atoms in total. The zero-order valence-corrected chi connectivity index (χ0v) is 15.0. The number of nitrogens with two attached hydrogens (primary N) is 2. The number of alkyl halides is 1. The number of hydrogen-bond donors (Lipinski definition) is 6. The van der Waals surface area contributed by atoms with E-state index in [1.54, 1.807) is 0 Å². The monoisotopic (exact) mass is 557 g/mol. The van der Waals surface area contributed by atoms with E-state index >= 15 is 0 Å². The van der Waals surface area contributed by atoms with Gasteiger partial charge in [-0.3, -0.25) is 0 Å². The van der Waals surface area contributed by atoms with E-state index in [-0.39, 0.29) is 33.4 Å². The predicted octanol–water partition coefficient (Wildman–Crippen LogP) is -1.62. The quantitative estimate of drug-likeness (QED) is 0.161. The van der Waals surface area contributed by atoms with Crippen molar-refractivity contribution in [2.24, 2.45) is 0 Å². The molecular formula is C10H19ClN2O10Pt. The van der Waals surface area contributed by atoms with Crippen LogP contribution in [0.3, 0.4) is 0 Å². The smallest absolute Gasteiger partial charge is 0.693 e. The molecule has 0 aliphatic carbocycles. The van der Waals surface area contributed by atoms with Gasteiger partial charge in [-0.15, -0.1) is 0 Å². The second kappa shape index (κ2) is 11.3. The standard InChI is InChI=1S/C10H15ClO10.2H2N.Pt/c11-10(8(16)17,9(18)19)2-20-7-6(15)5(14)4(13)3(1-12)21-7;;;/h3-7,12-15H,1-2H2,(H,16,17)(H,18,19);2*1H2;/q;2*-1;+2/t3-,4-,5+,6-,7?;;;/m1.../s1. The molecule has 0 radical (unpaired) electrons. The van der Waals surface area contributed by atoms with E-state index < -0.39 is 60.7 Å². The van der Waals surface area contributed by atoms with Crippen molar-refractivity contribution in [2.75, 3.05) is 13.2 Å². The zero-order chi connectivity index (χ0) is 16.4. The van der Waals surface area contributed by atoms with Crippen molar-refractivity contribution >= 4 is 23.5 Å². The molecule has 1 aliphatic heterocycles. The minimum atomic E-state index is -2.81. The predicted molar refractivity (Wildman–Crippen MR) is 74.1 cm³/mol. The van der Waals surface area contributed by atoms with E-state index in [1.807, 2.05) is 0 Å². The molecule has 0 saturated carbocycles. The zero-order valence-electron chi connectivity index (χ0n) is 12.0. The van der Waals surface area contributed by atoms with Crippen LogP contribution in [0.25, 0.3) is 12.3 Å². The summed E-state index contributed by atoms with van der Waals surface area (Å²) in [7, 11) is 0. The molecule has 0 amide bonds. The van der Waals surface area contributed by atoms with E-state index in [1.165, 1.54) is 0 Å². The Hall–Kier alpha value is -0.402. The number of hydrogen-bond acceptors (Lipinski definition) is 8. The van der Waals surface area contributed by atoms with Crippen LogP contribution >= 0.6 is 11.6 Å². The molecule has 0 bridgehead atoms. The molecule has 5 atom stereocenters. The van der Waals surface area contributed by atoms with E-state index in [2.05, 4.69) is 0 Å². The molecule has 24 heavy (non-hydrogen) atoms. The van der Waals surface area contributed by atoms with E-state index in [0.717, 1.165) is 0 Å². The number of carboxylic acid groups (broad SMARTS) is 2. The fraction of sp³-hybridized carbons (Fsp3) is 0.800. The first-order valence-corrected chi connectivity index (χ1v) is 6.10. The molecule has 0 aromatic rings. The van der Waals surface area contributed by atoms with E-state index in [4.69, 9.17) is 36.4 Å². The number of carbonyl (C=O) groups is 2. The van der Waals surface area contributed by atoms with Gasteiger partial charge in [0.05, 0.1) is 13.2 Å². The Morgan fingerprint density at radius 2 is 1.50 bits per heavy atom. The summed E-state index contributed by atoms with van der Waals surface area (Å²) < 4.78 is 9.69. The average Bonchev–Trinajstić information content (AvgIpc) is 2.43.